The zero-order chi connectivity index (χ0) is 22.7. The maximum Gasteiger partial charge on any atom is 0.166 e. The number of nitrogens with zero attached hydrogens (tertiary/aromatic N) is 4. The van der Waals surface area contributed by atoms with Crippen LogP contribution in [-0.2, 0) is 12.8 Å². The van der Waals surface area contributed by atoms with E-state index < -0.39 is 0 Å². The molecule has 162 valence electrons. The van der Waals surface area contributed by atoms with Crippen molar-refractivity contribution in [2.24, 2.45) is 0 Å². The Morgan fingerprint density at radius 3 is 2.37 bits per heavy atom. The highest BCUT2D eigenvalue weighted by atomic mass is 15.1. The number of hydrogen-bond acceptors (Lipinski definition) is 3. The van der Waals surface area contributed by atoms with Crippen molar-refractivity contribution in [3.8, 4) is 22.3 Å². The highest BCUT2D eigenvalue weighted by molar-refractivity contribution is 6.16. The minimum absolute atomic E-state index is 0.858. The Bertz CT molecular complexity index is 2070. The quantitative estimate of drug-likeness (QED) is 0.243. The van der Waals surface area contributed by atoms with Crippen LogP contribution in [-0.4, -0.2) is 19.4 Å². The summed E-state index contributed by atoms with van der Waals surface area (Å²) in [6.45, 7) is 0. The van der Waals surface area contributed by atoms with Crippen molar-refractivity contribution in [2.45, 2.75) is 12.8 Å². The summed E-state index contributed by atoms with van der Waals surface area (Å²) in [4.78, 5) is 14.5. The summed E-state index contributed by atoms with van der Waals surface area (Å²) >= 11 is 0. The van der Waals surface area contributed by atoms with Crippen LogP contribution in [0.4, 0.5) is 0 Å². The molecule has 0 saturated heterocycles. The van der Waals surface area contributed by atoms with E-state index in [4.69, 9.17) is 9.97 Å². The first kappa shape index (κ1) is 17.8. The predicted molar refractivity (Wildman–Crippen MR) is 140 cm³/mol. The molecule has 0 atom stereocenters. The molecule has 0 radical (unpaired) electrons. The molecule has 0 fully saturated rings. The lowest BCUT2D eigenvalue weighted by atomic mass is 9.96. The van der Waals surface area contributed by atoms with E-state index in [-0.39, 0.29) is 0 Å². The zero-order valence-corrected chi connectivity index (χ0v) is 18.8. The van der Waals surface area contributed by atoms with Gasteiger partial charge in [-0.25, -0.2) is 15.0 Å². The average molecular weight is 447 g/mol. The molecule has 3 aromatic carbocycles. The second kappa shape index (κ2) is 6.10. The fraction of sp³-hybridized carbons (Fsp3) is 0.0645. The first-order valence-electron chi connectivity index (χ1n) is 12.0. The Labute approximate surface area is 200 Å². The standard InChI is InChI=1S/C31H18N4/c1-2-6-20-17(5-1)13-18-14-19-15-26-21(25(19)16-24(18)20)9-10-22-23-7-3-11-32-29(23)35-30-27(8-4-12-33-30)34-31(35)28(22)26/h1-12,14,16H,13,15H2. The van der Waals surface area contributed by atoms with Gasteiger partial charge in [0.05, 0.1) is 0 Å². The maximum absolute atomic E-state index is 5.09. The van der Waals surface area contributed by atoms with E-state index in [2.05, 4.69) is 64.0 Å². The third-order valence-electron chi connectivity index (χ3n) is 7.92. The summed E-state index contributed by atoms with van der Waals surface area (Å²) in [6, 6.07) is 26.4. The molecule has 0 bridgehead atoms. The lowest BCUT2D eigenvalue weighted by molar-refractivity contribution is 1.19. The van der Waals surface area contributed by atoms with Crippen LogP contribution in [0.2, 0.25) is 0 Å². The monoisotopic (exact) mass is 446 g/mol. The molecule has 9 rings (SSSR count). The van der Waals surface area contributed by atoms with Gasteiger partial charge >= 0.3 is 0 Å². The number of pyridine rings is 3. The van der Waals surface area contributed by atoms with Crippen LogP contribution in [0.3, 0.4) is 0 Å². The number of rotatable bonds is 0. The van der Waals surface area contributed by atoms with Crippen LogP contribution in [0.25, 0.3) is 60.9 Å². The first-order chi connectivity index (χ1) is 17.3. The minimum atomic E-state index is 0.858. The van der Waals surface area contributed by atoms with Crippen molar-refractivity contribution in [2.75, 3.05) is 0 Å². The van der Waals surface area contributed by atoms with Crippen LogP contribution in [0.15, 0.2) is 85.2 Å². The second-order valence-corrected chi connectivity index (χ2v) is 9.68. The minimum Gasteiger partial charge on any atom is -0.260 e. The van der Waals surface area contributed by atoms with Gasteiger partial charge in [-0.15, -0.1) is 0 Å². The molecule has 0 aliphatic heterocycles. The molecule has 2 aliphatic rings. The van der Waals surface area contributed by atoms with Crippen LogP contribution in [0.1, 0.15) is 22.3 Å². The van der Waals surface area contributed by atoms with E-state index in [1.807, 2.05) is 30.6 Å². The van der Waals surface area contributed by atoms with Crippen molar-refractivity contribution in [3.05, 3.63) is 107 Å². The van der Waals surface area contributed by atoms with Crippen molar-refractivity contribution < 1.29 is 0 Å². The van der Waals surface area contributed by atoms with Gasteiger partial charge in [-0.3, -0.25) is 4.40 Å². The van der Waals surface area contributed by atoms with E-state index in [0.717, 1.165) is 40.7 Å². The van der Waals surface area contributed by atoms with Gasteiger partial charge in [-0.1, -0.05) is 42.5 Å². The van der Waals surface area contributed by atoms with E-state index in [9.17, 15) is 0 Å². The smallest absolute Gasteiger partial charge is 0.166 e. The largest absolute Gasteiger partial charge is 0.260 e. The third kappa shape index (κ3) is 2.15. The van der Waals surface area contributed by atoms with Crippen molar-refractivity contribution in [3.63, 3.8) is 0 Å². The number of fused-ring (bicyclic) bond motifs is 15. The third-order valence-corrected chi connectivity index (χ3v) is 7.92. The van der Waals surface area contributed by atoms with Crippen molar-refractivity contribution in [1.29, 1.82) is 0 Å². The van der Waals surface area contributed by atoms with Crippen molar-refractivity contribution in [1.82, 2.24) is 19.4 Å². The number of aromatic nitrogens is 4. The molecular weight excluding hydrogens is 428 g/mol. The number of benzene rings is 3. The number of imidazole rings is 1. The SMILES string of the molecule is c1ccc2c(c1)Cc1cc3c(cc1-2)-c1ccc2c4cccnc4n4c5ncccc5nc4c2c1C3. The Morgan fingerprint density at radius 1 is 0.571 bits per heavy atom. The highest BCUT2D eigenvalue weighted by Crippen LogP contribution is 2.47. The molecule has 0 N–H and O–H groups in total. The van der Waals surface area contributed by atoms with Gasteiger partial charge in [0.15, 0.2) is 5.65 Å². The summed E-state index contributed by atoms with van der Waals surface area (Å²) in [5.41, 5.74) is 14.7. The van der Waals surface area contributed by atoms with Gasteiger partial charge in [0.2, 0.25) is 0 Å². The summed E-state index contributed by atoms with van der Waals surface area (Å²) in [6.07, 6.45) is 5.63. The molecule has 0 amide bonds. The van der Waals surface area contributed by atoms with Gasteiger partial charge in [0.25, 0.3) is 0 Å². The van der Waals surface area contributed by atoms with Crippen LogP contribution in [0, 0.1) is 0 Å². The van der Waals surface area contributed by atoms with Gasteiger partial charge < -0.3 is 0 Å². The molecule has 4 heteroatoms. The Kier molecular flexibility index (Phi) is 3.11. The summed E-state index contributed by atoms with van der Waals surface area (Å²) in [5.74, 6) is 0. The fourth-order valence-electron chi connectivity index (χ4n) is 6.45. The Morgan fingerprint density at radius 2 is 1.40 bits per heavy atom. The van der Waals surface area contributed by atoms with Crippen LogP contribution >= 0.6 is 0 Å². The van der Waals surface area contributed by atoms with Crippen molar-refractivity contribution >= 4 is 38.6 Å². The molecule has 0 saturated carbocycles. The number of hydrogen-bond donors (Lipinski definition) is 0. The molecule has 0 spiro atoms. The average Bonchev–Trinajstić information content (AvgIpc) is 3.58. The fourth-order valence-corrected chi connectivity index (χ4v) is 6.45. The van der Waals surface area contributed by atoms with Gasteiger partial charge in [-0.2, -0.15) is 0 Å². The second-order valence-electron chi connectivity index (χ2n) is 9.68. The van der Waals surface area contributed by atoms with E-state index in [1.54, 1.807) is 0 Å². The lowest BCUT2D eigenvalue weighted by Crippen LogP contribution is -1.97. The van der Waals surface area contributed by atoms with Crippen LogP contribution in [0.5, 0.6) is 0 Å². The van der Waals surface area contributed by atoms with E-state index >= 15 is 0 Å². The predicted octanol–water partition coefficient (Wildman–Crippen LogP) is 6.73. The molecule has 4 nitrogen and oxygen atoms in total. The van der Waals surface area contributed by atoms with E-state index in [0.29, 0.717) is 0 Å². The molecule has 7 aromatic rings. The molecule has 2 aliphatic carbocycles. The molecule has 4 aromatic heterocycles. The summed E-state index contributed by atoms with van der Waals surface area (Å²) in [7, 11) is 0. The van der Waals surface area contributed by atoms with Crippen LogP contribution < -0.4 is 0 Å². The normalized spacial score (nSPS) is 13.5. The van der Waals surface area contributed by atoms with E-state index in [1.165, 1.54) is 55.3 Å². The molecule has 0 unspecified atom stereocenters. The highest BCUT2D eigenvalue weighted by Gasteiger charge is 2.28. The van der Waals surface area contributed by atoms with Gasteiger partial charge in [0, 0.05) is 23.2 Å². The van der Waals surface area contributed by atoms with Gasteiger partial charge in [0.1, 0.15) is 16.8 Å². The topological polar surface area (TPSA) is 43.1 Å². The zero-order valence-electron chi connectivity index (χ0n) is 18.8. The first-order valence-corrected chi connectivity index (χ1v) is 12.0. The maximum atomic E-state index is 5.09. The summed E-state index contributed by atoms with van der Waals surface area (Å²) in [5, 5.41) is 3.56. The lowest BCUT2D eigenvalue weighted by Gasteiger charge is -2.11. The Balaban J connectivity index is 1.41. The molecule has 4 heterocycles. The molecule has 35 heavy (non-hydrogen) atoms. The summed E-state index contributed by atoms with van der Waals surface area (Å²) < 4.78 is 2.15. The molecular formula is C31H18N4. The van der Waals surface area contributed by atoms with Gasteiger partial charge in [-0.05, 0) is 93.1 Å². The Hall–Kier alpha value is -4.57.